The third-order valence-electron chi connectivity index (χ3n) is 4.54. The van der Waals surface area contributed by atoms with Gasteiger partial charge in [-0.3, -0.25) is 4.57 Å². The zero-order chi connectivity index (χ0) is 19.5. The normalized spacial score (nSPS) is 14.5. The van der Waals surface area contributed by atoms with Crippen molar-refractivity contribution in [2.45, 2.75) is 18.6 Å². The van der Waals surface area contributed by atoms with Crippen molar-refractivity contribution in [3.8, 4) is 0 Å². The zero-order valence-corrected chi connectivity index (χ0v) is 15.5. The zero-order valence-electron chi connectivity index (χ0n) is 14.6. The lowest BCUT2D eigenvalue weighted by Crippen LogP contribution is -2.52. The van der Waals surface area contributed by atoms with Gasteiger partial charge in [0.2, 0.25) is 7.29 Å². The predicted octanol–water partition coefficient (Wildman–Crippen LogP) is 4.98. The van der Waals surface area contributed by atoms with E-state index in [4.69, 9.17) is 0 Å². The van der Waals surface area contributed by atoms with Gasteiger partial charge < -0.3 is 0 Å². The van der Waals surface area contributed by atoms with Gasteiger partial charge in [0.25, 0.3) is 0 Å². The molecular weight excluding hydrogens is 370 g/mol. The molecule has 140 valence electrons. The van der Waals surface area contributed by atoms with E-state index in [2.05, 4.69) is 5.09 Å². The molecule has 0 radical (unpaired) electrons. The Morgan fingerprint density at radius 1 is 0.704 bits per heavy atom. The van der Waals surface area contributed by atoms with Crippen LogP contribution in [0.2, 0.25) is 0 Å². The summed E-state index contributed by atoms with van der Waals surface area (Å²) in [6.45, 7) is 1.03. The Bertz CT molecular complexity index is 886. The number of rotatable bonds is 5. The maximum absolute atomic E-state index is 14.2. The van der Waals surface area contributed by atoms with Crippen LogP contribution in [0, 0.1) is 0 Å². The van der Waals surface area contributed by atoms with E-state index in [9.17, 15) is 17.7 Å². The highest BCUT2D eigenvalue weighted by molar-refractivity contribution is 7.77. The van der Waals surface area contributed by atoms with Crippen LogP contribution >= 0.6 is 7.29 Å². The van der Waals surface area contributed by atoms with Crippen molar-refractivity contribution in [1.29, 1.82) is 0 Å². The molecule has 6 heteroatoms. The molecule has 0 amide bonds. The molecule has 1 N–H and O–H groups in total. The Labute approximate surface area is 156 Å². The number of hydrogen-bond acceptors (Lipinski definition) is 1. The first-order chi connectivity index (χ1) is 12.8. The third-order valence-corrected chi connectivity index (χ3v) is 7.35. The summed E-state index contributed by atoms with van der Waals surface area (Å²) in [5.41, 5.74) is -2.49. The summed E-state index contributed by atoms with van der Waals surface area (Å²) in [6.07, 6.45) is -4.66. The van der Waals surface area contributed by atoms with Crippen LogP contribution < -0.4 is 15.7 Å². The molecule has 0 spiro atoms. The molecule has 27 heavy (non-hydrogen) atoms. The summed E-state index contributed by atoms with van der Waals surface area (Å²) in [4.78, 5) is 0. The number of nitrogens with one attached hydrogen (secondary N) is 1. The van der Waals surface area contributed by atoms with Gasteiger partial charge in [0.05, 0.1) is 0 Å². The van der Waals surface area contributed by atoms with Gasteiger partial charge in [-0.25, -0.2) is 5.09 Å². The maximum Gasteiger partial charge on any atom is 0.410 e. The van der Waals surface area contributed by atoms with E-state index >= 15 is 0 Å². The topological polar surface area (TPSA) is 29.1 Å². The molecule has 3 aromatic rings. The van der Waals surface area contributed by atoms with E-state index in [0.29, 0.717) is 10.6 Å². The van der Waals surface area contributed by atoms with Crippen molar-refractivity contribution in [3.05, 3.63) is 96.6 Å². The van der Waals surface area contributed by atoms with Gasteiger partial charge in [0.15, 0.2) is 0 Å². The molecule has 0 saturated heterocycles. The number of halogens is 3. The fourth-order valence-corrected chi connectivity index (χ4v) is 5.56. The molecule has 0 unspecified atom stereocenters. The lowest BCUT2D eigenvalue weighted by Gasteiger charge is -2.37. The van der Waals surface area contributed by atoms with Gasteiger partial charge in [-0.05, 0) is 36.8 Å². The number of hydrogen-bond donors (Lipinski definition) is 1. The molecule has 0 fully saturated rings. The van der Waals surface area contributed by atoms with Gasteiger partial charge in [0.1, 0.15) is 5.54 Å². The second-order valence-electron chi connectivity index (χ2n) is 6.38. The van der Waals surface area contributed by atoms with Crippen LogP contribution in [-0.4, -0.2) is 6.18 Å². The van der Waals surface area contributed by atoms with Gasteiger partial charge in [-0.15, -0.1) is 0 Å². The SMILES string of the molecule is C[C@@](NP(=O)(c1ccccc1)c1ccccc1)(c1ccccc1)C(F)(F)F. The minimum atomic E-state index is -4.66. The fourth-order valence-electron chi connectivity index (χ4n) is 2.93. The molecule has 0 bridgehead atoms. The quantitative estimate of drug-likeness (QED) is 0.624. The lowest BCUT2D eigenvalue weighted by molar-refractivity contribution is -0.189. The largest absolute Gasteiger partial charge is 0.410 e. The average Bonchev–Trinajstić information content (AvgIpc) is 2.69. The molecule has 0 aliphatic rings. The third kappa shape index (κ3) is 3.71. The molecule has 0 aliphatic heterocycles. The smallest absolute Gasteiger partial charge is 0.296 e. The Morgan fingerprint density at radius 2 is 1.07 bits per heavy atom. The first-order valence-corrected chi connectivity index (χ1v) is 10.1. The van der Waals surface area contributed by atoms with Crippen molar-refractivity contribution in [2.75, 3.05) is 0 Å². The minimum Gasteiger partial charge on any atom is -0.296 e. The highest BCUT2D eigenvalue weighted by Crippen LogP contribution is 2.49. The highest BCUT2D eigenvalue weighted by Gasteiger charge is 2.55. The van der Waals surface area contributed by atoms with E-state index in [1.54, 1.807) is 66.7 Å². The lowest BCUT2D eigenvalue weighted by atomic mass is 9.93. The molecule has 3 aromatic carbocycles. The van der Waals surface area contributed by atoms with Crippen LogP contribution in [-0.2, 0) is 10.1 Å². The predicted molar refractivity (Wildman–Crippen MR) is 103 cm³/mol. The first kappa shape index (κ1) is 19.4. The fraction of sp³-hybridized carbons (Fsp3) is 0.143. The standard InChI is InChI=1S/C21H19F3NOP/c1-20(21(22,23)24,17-11-5-2-6-12-17)25-27(26,18-13-7-3-8-14-18)19-15-9-4-10-16-19/h2-16H,1H3,(H,25,26)/t20-/m1/s1. The van der Waals surface area contributed by atoms with Crippen LogP contribution in [0.25, 0.3) is 0 Å². The van der Waals surface area contributed by atoms with Gasteiger partial charge in [-0.2, -0.15) is 13.2 Å². The molecule has 1 atom stereocenters. The number of alkyl halides is 3. The van der Waals surface area contributed by atoms with E-state index in [1.807, 2.05) is 0 Å². The van der Waals surface area contributed by atoms with Crippen molar-refractivity contribution < 1.29 is 17.7 Å². The molecule has 2 nitrogen and oxygen atoms in total. The number of benzene rings is 3. The second kappa shape index (κ2) is 7.34. The van der Waals surface area contributed by atoms with Crippen LogP contribution in [0.3, 0.4) is 0 Å². The van der Waals surface area contributed by atoms with Crippen LogP contribution in [0.15, 0.2) is 91.0 Å². The summed E-state index contributed by atoms with van der Waals surface area (Å²) in [5.74, 6) is 0. The Morgan fingerprint density at radius 3 is 1.44 bits per heavy atom. The van der Waals surface area contributed by atoms with Crippen molar-refractivity contribution in [2.24, 2.45) is 0 Å². The van der Waals surface area contributed by atoms with E-state index in [0.717, 1.165) is 6.92 Å². The molecule has 0 saturated carbocycles. The average molecular weight is 389 g/mol. The van der Waals surface area contributed by atoms with Crippen molar-refractivity contribution in [1.82, 2.24) is 5.09 Å². The van der Waals surface area contributed by atoms with Gasteiger partial charge >= 0.3 is 6.18 Å². The first-order valence-electron chi connectivity index (χ1n) is 8.40. The summed E-state index contributed by atoms with van der Waals surface area (Å²) >= 11 is 0. The molecular formula is C21H19F3NOP. The van der Waals surface area contributed by atoms with Crippen LogP contribution in [0.5, 0.6) is 0 Å². The van der Waals surface area contributed by atoms with Gasteiger partial charge in [0, 0.05) is 10.6 Å². The summed E-state index contributed by atoms with van der Waals surface area (Å²) in [6, 6.07) is 24.0. The Hall–Kier alpha value is -2.36. The summed E-state index contributed by atoms with van der Waals surface area (Å²) in [5, 5.41) is 3.17. The molecule has 0 aromatic heterocycles. The van der Waals surface area contributed by atoms with E-state index in [-0.39, 0.29) is 5.56 Å². The molecule has 0 aliphatic carbocycles. The maximum atomic E-state index is 14.2. The second-order valence-corrected chi connectivity index (χ2v) is 8.86. The highest BCUT2D eigenvalue weighted by atomic mass is 31.2. The van der Waals surface area contributed by atoms with E-state index in [1.165, 1.54) is 24.3 Å². The van der Waals surface area contributed by atoms with Crippen LogP contribution in [0.1, 0.15) is 12.5 Å². The van der Waals surface area contributed by atoms with Gasteiger partial charge in [-0.1, -0.05) is 66.7 Å². The van der Waals surface area contributed by atoms with Crippen molar-refractivity contribution >= 4 is 17.9 Å². The van der Waals surface area contributed by atoms with Crippen molar-refractivity contribution in [3.63, 3.8) is 0 Å². The van der Waals surface area contributed by atoms with E-state index < -0.39 is 19.0 Å². The summed E-state index contributed by atoms with van der Waals surface area (Å²) in [7, 11) is -3.78. The summed E-state index contributed by atoms with van der Waals surface area (Å²) < 4.78 is 56.5. The Balaban J connectivity index is 2.20. The Kier molecular flexibility index (Phi) is 5.27. The van der Waals surface area contributed by atoms with Crippen LogP contribution in [0.4, 0.5) is 13.2 Å². The minimum absolute atomic E-state index is 0.00425. The monoisotopic (exact) mass is 389 g/mol. The molecule has 3 rings (SSSR count). The molecule has 0 heterocycles.